The van der Waals surface area contributed by atoms with Crippen molar-refractivity contribution in [3.05, 3.63) is 131 Å². The van der Waals surface area contributed by atoms with E-state index in [0.717, 1.165) is 35.4 Å². The zero-order chi connectivity index (χ0) is 23.8. The van der Waals surface area contributed by atoms with E-state index in [1.165, 1.54) is 6.07 Å². The highest BCUT2D eigenvalue weighted by Crippen LogP contribution is 2.37. The molecule has 0 amide bonds. The van der Waals surface area contributed by atoms with Crippen molar-refractivity contribution in [2.24, 2.45) is 0 Å². The molecule has 0 aliphatic carbocycles. The van der Waals surface area contributed by atoms with Gasteiger partial charge in [-0.3, -0.25) is 4.90 Å². The number of halogens is 1. The smallest absolute Gasteiger partial charge is 0.173 e. The topological polar surface area (TPSA) is 45.8 Å². The minimum Gasteiger partial charge on any atom is -0.461 e. The fourth-order valence-corrected chi connectivity index (χ4v) is 4.23. The van der Waals surface area contributed by atoms with Crippen molar-refractivity contribution < 1.29 is 18.7 Å². The Hall–Kier alpha value is -3.25. The Morgan fingerprint density at radius 1 is 0.853 bits per heavy atom. The lowest BCUT2D eigenvalue weighted by atomic mass is 9.84. The van der Waals surface area contributed by atoms with Crippen LogP contribution in [-0.2, 0) is 23.4 Å². The average Bonchev–Trinajstić information content (AvgIpc) is 3.34. The third kappa shape index (κ3) is 5.62. The van der Waals surface area contributed by atoms with Gasteiger partial charge in [0, 0.05) is 26.8 Å². The molecule has 5 heteroatoms. The summed E-state index contributed by atoms with van der Waals surface area (Å²) >= 11 is 0. The first kappa shape index (κ1) is 23.9. The molecule has 1 N–H and O–H groups in total. The van der Waals surface area contributed by atoms with Gasteiger partial charge in [-0.1, -0.05) is 72.8 Å². The molecule has 4 aromatic rings. The zero-order valence-corrected chi connectivity index (χ0v) is 19.4. The first-order valence-electron chi connectivity index (χ1n) is 11.5. The van der Waals surface area contributed by atoms with E-state index in [1.54, 1.807) is 19.2 Å². The van der Waals surface area contributed by atoms with E-state index in [2.05, 4.69) is 4.90 Å². The van der Waals surface area contributed by atoms with Gasteiger partial charge in [-0.05, 0) is 47.4 Å². The minimum absolute atomic E-state index is 0.245. The average molecular weight is 460 g/mol. The Kier molecular flexibility index (Phi) is 7.91. The van der Waals surface area contributed by atoms with Crippen LogP contribution in [0.3, 0.4) is 0 Å². The van der Waals surface area contributed by atoms with Gasteiger partial charge >= 0.3 is 0 Å². The molecule has 0 aliphatic heterocycles. The van der Waals surface area contributed by atoms with E-state index >= 15 is 0 Å². The summed E-state index contributed by atoms with van der Waals surface area (Å²) in [4.78, 5) is 2.19. The summed E-state index contributed by atoms with van der Waals surface area (Å²) in [5, 5.41) is 11.9. The van der Waals surface area contributed by atoms with Gasteiger partial charge in [0.05, 0.1) is 6.54 Å². The van der Waals surface area contributed by atoms with Crippen LogP contribution >= 0.6 is 0 Å². The second kappa shape index (κ2) is 11.3. The number of hydrogen-bond donors (Lipinski definition) is 1. The quantitative estimate of drug-likeness (QED) is 0.291. The molecule has 4 nitrogen and oxygen atoms in total. The van der Waals surface area contributed by atoms with Gasteiger partial charge in [0.1, 0.15) is 17.3 Å². The molecular weight excluding hydrogens is 429 g/mol. The van der Waals surface area contributed by atoms with Crippen LogP contribution < -0.4 is 0 Å². The first-order valence-corrected chi connectivity index (χ1v) is 11.5. The minimum atomic E-state index is -1.41. The SMILES string of the molecule is COCCCN(Cc1cccc(F)c1)Cc1ccc(C(O)(c2ccccc2)c2ccccc2)o1. The van der Waals surface area contributed by atoms with Gasteiger partial charge in [-0.25, -0.2) is 4.39 Å². The number of ether oxygens (including phenoxy) is 1. The van der Waals surface area contributed by atoms with E-state index < -0.39 is 5.60 Å². The molecule has 1 heterocycles. The predicted octanol–water partition coefficient (Wildman–Crippen LogP) is 5.74. The Balaban J connectivity index is 1.61. The molecule has 176 valence electrons. The Labute approximate surface area is 200 Å². The molecule has 0 spiro atoms. The monoisotopic (exact) mass is 459 g/mol. The molecule has 4 rings (SSSR count). The van der Waals surface area contributed by atoms with Crippen molar-refractivity contribution in [1.82, 2.24) is 4.90 Å². The van der Waals surface area contributed by atoms with Crippen LogP contribution in [0.15, 0.2) is 101 Å². The molecule has 0 bridgehead atoms. The van der Waals surface area contributed by atoms with Crippen molar-refractivity contribution in [3.63, 3.8) is 0 Å². The first-order chi connectivity index (χ1) is 16.6. The maximum absolute atomic E-state index is 13.7. The standard InChI is InChI=1S/C29H30FNO3/c1-33-19-9-18-31(21-23-10-8-15-26(30)20-23)22-27-16-17-28(34-27)29(32,24-11-4-2-5-12-24)25-13-6-3-7-14-25/h2-8,10-17,20,32H,9,18-19,21-22H2,1H3. The van der Waals surface area contributed by atoms with Crippen molar-refractivity contribution in [3.8, 4) is 0 Å². The Bertz CT molecular complexity index is 1120. The molecule has 0 unspecified atom stereocenters. The third-order valence-corrected chi connectivity index (χ3v) is 5.90. The Morgan fingerprint density at radius 2 is 1.53 bits per heavy atom. The number of methoxy groups -OCH3 is 1. The largest absolute Gasteiger partial charge is 0.461 e. The fraction of sp³-hybridized carbons (Fsp3) is 0.241. The lowest BCUT2D eigenvalue weighted by molar-refractivity contribution is 0.0947. The van der Waals surface area contributed by atoms with Crippen LogP contribution in [0.1, 0.15) is 34.6 Å². The number of rotatable bonds is 11. The van der Waals surface area contributed by atoms with Crippen molar-refractivity contribution in [2.75, 3.05) is 20.3 Å². The fourth-order valence-electron chi connectivity index (χ4n) is 4.23. The summed E-state index contributed by atoms with van der Waals surface area (Å²) in [6, 6.07) is 29.5. The van der Waals surface area contributed by atoms with Crippen LogP contribution in [0.5, 0.6) is 0 Å². The van der Waals surface area contributed by atoms with Crippen LogP contribution in [-0.4, -0.2) is 30.3 Å². The third-order valence-electron chi connectivity index (χ3n) is 5.90. The van der Waals surface area contributed by atoms with Crippen LogP contribution in [0.25, 0.3) is 0 Å². The van der Waals surface area contributed by atoms with Crippen LogP contribution in [0, 0.1) is 5.82 Å². The summed E-state index contributed by atoms with van der Waals surface area (Å²) in [5.74, 6) is 0.946. The number of hydrogen-bond acceptors (Lipinski definition) is 4. The summed E-state index contributed by atoms with van der Waals surface area (Å²) in [6.07, 6.45) is 0.845. The lowest BCUT2D eigenvalue weighted by Gasteiger charge is -2.27. The summed E-state index contributed by atoms with van der Waals surface area (Å²) in [7, 11) is 1.68. The van der Waals surface area contributed by atoms with Gasteiger partial charge in [-0.2, -0.15) is 0 Å². The van der Waals surface area contributed by atoms with E-state index in [0.29, 0.717) is 25.5 Å². The number of nitrogens with zero attached hydrogens (tertiary/aromatic N) is 1. The van der Waals surface area contributed by atoms with Gasteiger partial charge in [0.2, 0.25) is 0 Å². The molecule has 0 saturated carbocycles. The highest BCUT2D eigenvalue weighted by Gasteiger charge is 2.37. The highest BCUT2D eigenvalue weighted by atomic mass is 19.1. The van der Waals surface area contributed by atoms with Crippen LogP contribution in [0.4, 0.5) is 4.39 Å². The number of aliphatic hydroxyl groups is 1. The molecule has 1 aromatic heterocycles. The maximum Gasteiger partial charge on any atom is 0.173 e. The van der Waals surface area contributed by atoms with Crippen molar-refractivity contribution in [1.29, 1.82) is 0 Å². The van der Waals surface area contributed by atoms with Gasteiger partial charge in [0.25, 0.3) is 0 Å². The molecule has 0 saturated heterocycles. The number of furan rings is 1. The molecular formula is C29H30FNO3. The molecule has 34 heavy (non-hydrogen) atoms. The molecule has 0 radical (unpaired) electrons. The molecule has 0 atom stereocenters. The maximum atomic E-state index is 13.7. The van der Waals surface area contributed by atoms with E-state index in [4.69, 9.17) is 9.15 Å². The van der Waals surface area contributed by atoms with Crippen LogP contribution in [0.2, 0.25) is 0 Å². The summed E-state index contributed by atoms with van der Waals surface area (Å²) in [5.41, 5.74) is 0.955. The summed E-state index contributed by atoms with van der Waals surface area (Å²) in [6.45, 7) is 2.52. The molecule has 0 aliphatic rings. The second-order valence-electron chi connectivity index (χ2n) is 8.40. The normalized spacial score (nSPS) is 11.8. The lowest BCUT2D eigenvalue weighted by Crippen LogP contribution is -2.28. The molecule has 3 aromatic carbocycles. The van der Waals surface area contributed by atoms with E-state index in [9.17, 15) is 9.50 Å². The van der Waals surface area contributed by atoms with Crippen molar-refractivity contribution >= 4 is 0 Å². The predicted molar refractivity (Wildman–Crippen MR) is 131 cm³/mol. The van der Waals surface area contributed by atoms with Gasteiger partial charge in [0.15, 0.2) is 5.60 Å². The van der Waals surface area contributed by atoms with Crippen molar-refractivity contribution in [2.45, 2.75) is 25.1 Å². The zero-order valence-electron chi connectivity index (χ0n) is 19.4. The summed E-state index contributed by atoms with van der Waals surface area (Å²) < 4.78 is 25.2. The van der Waals surface area contributed by atoms with E-state index in [-0.39, 0.29) is 5.82 Å². The number of benzene rings is 3. The Morgan fingerprint density at radius 3 is 2.15 bits per heavy atom. The van der Waals surface area contributed by atoms with Gasteiger partial charge in [-0.15, -0.1) is 0 Å². The van der Waals surface area contributed by atoms with Gasteiger partial charge < -0.3 is 14.3 Å². The molecule has 0 fully saturated rings. The second-order valence-corrected chi connectivity index (χ2v) is 8.40. The highest BCUT2D eigenvalue weighted by molar-refractivity contribution is 5.43. The van der Waals surface area contributed by atoms with E-state index in [1.807, 2.05) is 78.9 Å².